The Bertz CT molecular complexity index is 515. The molecule has 0 radical (unpaired) electrons. The van der Waals surface area contributed by atoms with E-state index in [0.717, 1.165) is 36.1 Å². The molecule has 104 valence electrons. The van der Waals surface area contributed by atoms with Gasteiger partial charge in [0, 0.05) is 18.4 Å². The summed E-state index contributed by atoms with van der Waals surface area (Å²) in [4.78, 5) is 8.24. The molecule has 0 aromatic carbocycles. The molecular formula is C15H22N2OS. The molecule has 2 aliphatic carbocycles. The minimum Gasteiger partial charge on any atom is -0.370 e. The number of nitrogens with zero attached hydrogens (tertiary/aromatic N) is 1. The molecule has 0 aliphatic heterocycles. The summed E-state index contributed by atoms with van der Waals surface area (Å²) in [5, 5.41) is 0. The van der Waals surface area contributed by atoms with Gasteiger partial charge in [-0.15, -0.1) is 0 Å². The van der Waals surface area contributed by atoms with Crippen LogP contribution in [-0.4, -0.2) is 17.1 Å². The van der Waals surface area contributed by atoms with Crippen LogP contribution in [0.1, 0.15) is 62.0 Å². The van der Waals surface area contributed by atoms with E-state index in [2.05, 4.69) is 9.97 Å². The van der Waals surface area contributed by atoms with Crippen LogP contribution in [0.15, 0.2) is 0 Å². The first-order chi connectivity index (χ1) is 9.25. The van der Waals surface area contributed by atoms with Crippen molar-refractivity contribution < 1.29 is 4.74 Å². The molecule has 0 amide bonds. The Kier molecular flexibility index (Phi) is 3.72. The Balaban J connectivity index is 2.04. The molecule has 0 unspecified atom stereocenters. The molecule has 3 nitrogen and oxygen atoms in total. The second-order valence-corrected chi connectivity index (χ2v) is 6.20. The number of aromatic amines is 1. The third-order valence-electron chi connectivity index (χ3n) is 4.69. The van der Waals surface area contributed by atoms with Gasteiger partial charge in [0.25, 0.3) is 0 Å². The van der Waals surface area contributed by atoms with Crippen molar-refractivity contribution in [2.45, 2.75) is 63.4 Å². The summed E-state index contributed by atoms with van der Waals surface area (Å²) < 4.78 is 6.71. The number of aromatic nitrogens is 2. The van der Waals surface area contributed by atoms with Gasteiger partial charge in [-0.3, -0.25) is 0 Å². The number of hydrogen-bond donors (Lipinski definition) is 1. The summed E-state index contributed by atoms with van der Waals surface area (Å²) in [6.45, 7) is 0. The maximum absolute atomic E-state index is 5.92. The first-order valence-corrected chi connectivity index (χ1v) is 7.84. The van der Waals surface area contributed by atoms with Gasteiger partial charge in [0.05, 0.1) is 0 Å². The smallest absolute Gasteiger partial charge is 0.140 e. The normalized spacial score (nSPS) is 21.9. The van der Waals surface area contributed by atoms with Crippen LogP contribution >= 0.6 is 12.2 Å². The summed E-state index contributed by atoms with van der Waals surface area (Å²) in [7, 11) is 1.82. The molecule has 0 atom stereocenters. The monoisotopic (exact) mass is 278 g/mol. The molecule has 0 spiro atoms. The Morgan fingerprint density at radius 2 is 1.84 bits per heavy atom. The molecule has 2 aliphatic rings. The van der Waals surface area contributed by atoms with Gasteiger partial charge in [0.15, 0.2) is 0 Å². The molecule has 1 fully saturated rings. The van der Waals surface area contributed by atoms with Gasteiger partial charge >= 0.3 is 0 Å². The molecule has 1 saturated carbocycles. The molecule has 1 aromatic rings. The molecule has 1 heterocycles. The minimum atomic E-state index is -0.234. The average Bonchev–Trinajstić information content (AvgIpc) is 2.76. The summed E-state index contributed by atoms with van der Waals surface area (Å²) in [5.41, 5.74) is 2.33. The Morgan fingerprint density at radius 1 is 1.11 bits per heavy atom. The topological polar surface area (TPSA) is 37.9 Å². The van der Waals surface area contributed by atoms with Crippen molar-refractivity contribution in [1.29, 1.82) is 0 Å². The highest BCUT2D eigenvalue weighted by Gasteiger charge is 2.36. The van der Waals surface area contributed by atoms with Crippen molar-refractivity contribution in [3.8, 4) is 0 Å². The van der Waals surface area contributed by atoms with Crippen LogP contribution in [0.5, 0.6) is 0 Å². The zero-order valence-corrected chi connectivity index (χ0v) is 12.4. The number of hydrogen-bond acceptors (Lipinski definition) is 3. The Hall–Kier alpha value is -0.740. The van der Waals surface area contributed by atoms with E-state index in [1.165, 1.54) is 43.4 Å². The lowest BCUT2D eigenvalue weighted by atomic mass is 9.93. The second kappa shape index (κ2) is 5.33. The standard InChI is InChI=1S/C15H22N2OS/c1-18-15(9-4-2-3-5-10-15)14-16-12-8-6-7-11(12)13(19)17-14/h2-10H2,1H3,(H,16,17,19). The van der Waals surface area contributed by atoms with Gasteiger partial charge in [-0.2, -0.15) is 0 Å². The van der Waals surface area contributed by atoms with Crippen LogP contribution in [0, 0.1) is 4.64 Å². The van der Waals surface area contributed by atoms with Crippen LogP contribution < -0.4 is 0 Å². The van der Waals surface area contributed by atoms with E-state index in [1.54, 1.807) is 0 Å². The predicted octanol–water partition coefficient (Wildman–Crippen LogP) is 3.82. The van der Waals surface area contributed by atoms with Crippen molar-refractivity contribution in [1.82, 2.24) is 9.97 Å². The number of ether oxygens (including phenoxy) is 1. The van der Waals surface area contributed by atoms with Crippen LogP contribution in [0.4, 0.5) is 0 Å². The fourth-order valence-electron chi connectivity index (χ4n) is 3.51. The molecule has 3 rings (SSSR count). The van der Waals surface area contributed by atoms with Gasteiger partial charge in [-0.05, 0) is 32.1 Å². The van der Waals surface area contributed by atoms with E-state index in [9.17, 15) is 0 Å². The van der Waals surface area contributed by atoms with Gasteiger partial charge in [-0.1, -0.05) is 37.9 Å². The van der Waals surface area contributed by atoms with Gasteiger partial charge in [-0.25, -0.2) is 4.98 Å². The van der Waals surface area contributed by atoms with E-state index in [0.29, 0.717) is 0 Å². The lowest BCUT2D eigenvalue weighted by Gasteiger charge is -2.30. The third-order valence-corrected chi connectivity index (χ3v) is 5.03. The number of H-pyrrole nitrogens is 1. The zero-order chi connectivity index (χ0) is 13.3. The number of methoxy groups -OCH3 is 1. The van der Waals surface area contributed by atoms with Gasteiger partial charge < -0.3 is 9.72 Å². The maximum Gasteiger partial charge on any atom is 0.140 e. The fraction of sp³-hybridized carbons (Fsp3) is 0.733. The SMILES string of the molecule is COC1(c2nc(=S)c3c([nH]2)CCC3)CCCCCC1. The van der Waals surface area contributed by atoms with Crippen LogP contribution in [-0.2, 0) is 23.2 Å². The lowest BCUT2D eigenvalue weighted by molar-refractivity contribution is -0.0353. The zero-order valence-electron chi connectivity index (χ0n) is 11.6. The van der Waals surface area contributed by atoms with Crippen molar-refractivity contribution in [3.63, 3.8) is 0 Å². The number of rotatable bonds is 2. The molecule has 4 heteroatoms. The number of fused-ring (bicyclic) bond motifs is 1. The average molecular weight is 278 g/mol. The van der Waals surface area contributed by atoms with Crippen molar-refractivity contribution in [2.24, 2.45) is 0 Å². The maximum atomic E-state index is 5.92. The minimum absolute atomic E-state index is 0.234. The second-order valence-electron chi connectivity index (χ2n) is 5.81. The number of nitrogens with one attached hydrogen (secondary N) is 1. The van der Waals surface area contributed by atoms with E-state index in [1.807, 2.05) is 7.11 Å². The van der Waals surface area contributed by atoms with E-state index < -0.39 is 0 Å². The first-order valence-electron chi connectivity index (χ1n) is 7.43. The van der Waals surface area contributed by atoms with Crippen molar-refractivity contribution >= 4 is 12.2 Å². The third kappa shape index (κ3) is 2.36. The van der Waals surface area contributed by atoms with Crippen molar-refractivity contribution in [2.75, 3.05) is 7.11 Å². The van der Waals surface area contributed by atoms with Crippen molar-refractivity contribution in [3.05, 3.63) is 21.7 Å². The predicted molar refractivity (Wildman–Crippen MR) is 77.8 cm³/mol. The molecule has 0 bridgehead atoms. The van der Waals surface area contributed by atoms with E-state index >= 15 is 0 Å². The highest BCUT2D eigenvalue weighted by molar-refractivity contribution is 7.71. The van der Waals surface area contributed by atoms with Gasteiger partial charge in [0.2, 0.25) is 0 Å². The summed E-state index contributed by atoms with van der Waals surface area (Å²) in [5.74, 6) is 0.975. The summed E-state index contributed by atoms with van der Waals surface area (Å²) in [6.07, 6.45) is 10.5. The first kappa shape index (κ1) is 13.3. The fourth-order valence-corrected chi connectivity index (χ4v) is 3.83. The number of aryl methyl sites for hydroxylation is 1. The summed E-state index contributed by atoms with van der Waals surface area (Å²) >= 11 is 5.48. The largest absolute Gasteiger partial charge is 0.370 e. The quantitative estimate of drug-likeness (QED) is 0.660. The highest BCUT2D eigenvalue weighted by Crippen LogP contribution is 2.38. The molecule has 1 aromatic heterocycles. The highest BCUT2D eigenvalue weighted by atomic mass is 32.1. The van der Waals surface area contributed by atoms with Crippen LogP contribution in [0.3, 0.4) is 0 Å². The lowest BCUT2D eigenvalue weighted by Crippen LogP contribution is -2.31. The summed E-state index contributed by atoms with van der Waals surface area (Å²) in [6, 6.07) is 0. The van der Waals surface area contributed by atoms with E-state index in [-0.39, 0.29) is 5.60 Å². The molecule has 19 heavy (non-hydrogen) atoms. The molecular weight excluding hydrogens is 256 g/mol. The molecule has 1 N–H and O–H groups in total. The molecule has 0 saturated heterocycles. The van der Waals surface area contributed by atoms with Gasteiger partial charge in [0.1, 0.15) is 16.1 Å². The van der Waals surface area contributed by atoms with Crippen LogP contribution in [0.2, 0.25) is 0 Å². The Morgan fingerprint density at radius 3 is 2.53 bits per heavy atom. The Labute approximate surface area is 119 Å². The van der Waals surface area contributed by atoms with Crippen LogP contribution in [0.25, 0.3) is 0 Å². The van der Waals surface area contributed by atoms with E-state index in [4.69, 9.17) is 17.0 Å².